The number of amides is 2. The van der Waals surface area contributed by atoms with Crippen molar-refractivity contribution in [1.82, 2.24) is 0 Å². The van der Waals surface area contributed by atoms with Crippen molar-refractivity contribution >= 4 is 29.0 Å². The van der Waals surface area contributed by atoms with Gasteiger partial charge >= 0.3 is 0 Å². The number of fused-ring (bicyclic) bond motifs is 1. The van der Waals surface area contributed by atoms with Crippen LogP contribution in [0.3, 0.4) is 0 Å². The zero-order valence-electron chi connectivity index (χ0n) is 19.4. The van der Waals surface area contributed by atoms with Gasteiger partial charge in [-0.1, -0.05) is 0 Å². The van der Waals surface area contributed by atoms with Crippen molar-refractivity contribution in [3.8, 4) is 17.2 Å². The van der Waals surface area contributed by atoms with E-state index in [1.165, 1.54) is 30.2 Å². The first-order valence-electron chi connectivity index (χ1n) is 10.9. The smallest absolute Gasteiger partial charge is 0.265 e. The van der Waals surface area contributed by atoms with Gasteiger partial charge in [0.25, 0.3) is 5.91 Å². The number of halogens is 2. The number of ether oxygens (including phenoxy) is 3. The van der Waals surface area contributed by atoms with Gasteiger partial charge in [0.15, 0.2) is 30.6 Å². The number of ketones is 1. The summed E-state index contributed by atoms with van der Waals surface area (Å²) in [5, 5.41) is 2.75. The molecule has 0 saturated heterocycles. The van der Waals surface area contributed by atoms with Crippen LogP contribution in [-0.4, -0.2) is 44.0 Å². The Bertz CT molecular complexity index is 1310. The molecule has 8 nitrogen and oxygen atoms in total. The van der Waals surface area contributed by atoms with Crippen LogP contribution in [0.5, 0.6) is 17.2 Å². The molecule has 10 heteroatoms. The first kappa shape index (κ1) is 24.6. The van der Waals surface area contributed by atoms with Crippen LogP contribution in [0.1, 0.15) is 17.3 Å². The van der Waals surface area contributed by atoms with E-state index in [1.54, 1.807) is 31.2 Å². The van der Waals surface area contributed by atoms with E-state index in [1.807, 2.05) is 0 Å². The van der Waals surface area contributed by atoms with Crippen molar-refractivity contribution in [2.24, 2.45) is 0 Å². The van der Waals surface area contributed by atoms with Crippen molar-refractivity contribution < 1.29 is 37.4 Å². The number of methoxy groups -OCH3 is 1. The second-order valence-corrected chi connectivity index (χ2v) is 7.92. The molecule has 1 aliphatic rings. The van der Waals surface area contributed by atoms with Crippen molar-refractivity contribution in [2.45, 2.75) is 13.0 Å². The fraction of sp³-hybridized carbons (Fsp3) is 0.192. The van der Waals surface area contributed by atoms with Crippen LogP contribution in [0.4, 0.5) is 20.2 Å². The first-order chi connectivity index (χ1) is 17.3. The number of anilines is 2. The van der Waals surface area contributed by atoms with E-state index in [-0.39, 0.29) is 23.6 Å². The van der Waals surface area contributed by atoms with E-state index in [4.69, 9.17) is 14.2 Å². The summed E-state index contributed by atoms with van der Waals surface area (Å²) >= 11 is 0. The van der Waals surface area contributed by atoms with Gasteiger partial charge < -0.3 is 19.5 Å². The Morgan fingerprint density at radius 1 is 1.08 bits per heavy atom. The SMILES string of the molecule is COc1ccc(NC(=O)C(C)N2C(=O)COc3ccc(C(=O)COc4ccc(F)cc4F)cc32)cc1. The molecule has 0 fully saturated rings. The molecule has 0 saturated carbocycles. The number of carbonyl (C=O) groups excluding carboxylic acids is 3. The third-order valence-electron chi connectivity index (χ3n) is 5.54. The van der Waals surface area contributed by atoms with Crippen molar-refractivity contribution in [3.63, 3.8) is 0 Å². The molecular formula is C26H22F2N2O6. The van der Waals surface area contributed by atoms with E-state index in [0.717, 1.165) is 12.1 Å². The lowest BCUT2D eigenvalue weighted by Crippen LogP contribution is -2.49. The van der Waals surface area contributed by atoms with Gasteiger partial charge in [-0.25, -0.2) is 8.78 Å². The largest absolute Gasteiger partial charge is 0.497 e. The van der Waals surface area contributed by atoms with Crippen LogP contribution in [-0.2, 0) is 9.59 Å². The molecule has 0 bridgehead atoms. The summed E-state index contributed by atoms with van der Waals surface area (Å²) in [4.78, 5) is 39.6. The molecule has 1 aliphatic heterocycles. The summed E-state index contributed by atoms with van der Waals surface area (Å²) in [6.45, 7) is 0.762. The molecule has 186 valence electrons. The number of nitrogens with zero attached hydrogens (tertiary/aromatic N) is 1. The summed E-state index contributed by atoms with van der Waals surface area (Å²) < 4.78 is 42.6. The topological polar surface area (TPSA) is 94.2 Å². The molecule has 2 amide bonds. The van der Waals surface area contributed by atoms with Crippen LogP contribution >= 0.6 is 0 Å². The lowest BCUT2D eigenvalue weighted by molar-refractivity contribution is -0.125. The summed E-state index contributed by atoms with van der Waals surface area (Å²) in [5.41, 5.74) is 0.910. The second-order valence-electron chi connectivity index (χ2n) is 7.92. The normalized spacial score (nSPS) is 13.3. The minimum atomic E-state index is -0.935. The molecular weight excluding hydrogens is 474 g/mol. The van der Waals surface area contributed by atoms with E-state index in [0.29, 0.717) is 23.3 Å². The van der Waals surface area contributed by atoms with E-state index >= 15 is 0 Å². The lowest BCUT2D eigenvalue weighted by Gasteiger charge is -2.33. The molecule has 3 aromatic rings. The summed E-state index contributed by atoms with van der Waals surface area (Å²) in [5.74, 6) is -2.46. The minimum Gasteiger partial charge on any atom is -0.497 e. The van der Waals surface area contributed by atoms with Gasteiger partial charge in [-0.3, -0.25) is 19.3 Å². The Kier molecular flexibility index (Phi) is 7.14. The predicted octanol–water partition coefficient (Wildman–Crippen LogP) is 3.99. The second kappa shape index (κ2) is 10.4. The maximum absolute atomic E-state index is 13.8. The van der Waals surface area contributed by atoms with E-state index < -0.39 is 41.9 Å². The Labute approximate surface area is 205 Å². The number of nitrogens with one attached hydrogen (secondary N) is 1. The fourth-order valence-electron chi connectivity index (χ4n) is 3.63. The van der Waals surface area contributed by atoms with Crippen molar-refractivity contribution in [2.75, 3.05) is 30.5 Å². The van der Waals surface area contributed by atoms with Crippen LogP contribution in [0, 0.1) is 11.6 Å². The number of rotatable bonds is 8. The third kappa shape index (κ3) is 5.27. The Balaban J connectivity index is 1.51. The average molecular weight is 496 g/mol. The van der Waals surface area contributed by atoms with Crippen molar-refractivity contribution in [3.05, 3.63) is 77.9 Å². The summed E-state index contributed by atoms with van der Waals surface area (Å²) in [7, 11) is 1.53. The van der Waals surface area contributed by atoms with Gasteiger partial charge in [-0.05, 0) is 61.5 Å². The summed E-state index contributed by atoms with van der Waals surface area (Å²) in [6.07, 6.45) is 0. The number of hydrogen-bond acceptors (Lipinski definition) is 6. The Hall–Kier alpha value is -4.47. The molecule has 3 aromatic carbocycles. The highest BCUT2D eigenvalue weighted by Gasteiger charge is 2.33. The average Bonchev–Trinajstić information content (AvgIpc) is 2.87. The number of benzene rings is 3. The zero-order valence-corrected chi connectivity index (χ0v) is 19.4. The van der Waals surface area contributed by atoms with Crippen LogP contribution in [0.2, 0.25) is 0 Å². The zero-order chi connectivity index (χ0) is 25.8. The molecule has 1 unspecified atom stereocenters. The maximum atomic E-state index is 13.8. The monoisotopic (exact) mass is 496 g/mol. The van der Waals surface area contributed by atoms with Crippen molar-refractivity contribution in [1.29, 1.82) is 0 Å². The molecule has 0 aromatic heterocycles. The van der Waals surface area contributed by atoms with Gasteiger partial charge in [0, 0.05) is 17.3 Å². The molecule has 1 heterocycles. The Morgan fingerprint density at radius 2 is 1.83 bits per heavy atom. The van der Waals surface area contributed by atoms with Gasteiger partial charge in [0.1, 0.15) is 23.4 Å². The predicted molar refractivity (Wildman–Crippen MR) is 127 cm³/mol. The Morgan fingerprint density at radius 3 is 2.53 bits per heavy atom. The standard InChI is InChI=1S/C26H22F2N2O6/c1-15(26(33)29-18-5-7-19(34-2)8-6-18)30-21-11-16(3-9-24(21)36-14-25(30)32)22(31)13-35-23-10-4-17(27)12-20(23)28/h3-12,15H,13-14H2,1-2H3,(H,29,33). The molecule has 0 aliphatic carbocycles. The number of carbonyl (C=O) groups is 3. The van der Waals surface area contributed by atoms with Gasteiger partial charge in [-0.15, -0.1) is 0 Å². The molecule has 4 rings (SSSR count). The van der Waals surface area contributed by atoms with E-state index in [9.17, 15) is 23.2 Å². The quantitative estimate of drug-likeness (QED) is 0.474. The molecule has 0 radical (unpaired) electrons. The number of hydrogen-bond donors (Lipinski definition) is 1. The highest BCUT2D eigenvalue weighted by Crippen LogP contribution is 2.35. The van der Waals surface area contributed by atoms with E-state index in [2.05, 4.69) is 5.32 Å². The molecule has 36 heavy (non-hydrogen) atoms. The van der Waals surface area contributed by atoms with Gasteiger partial charge in [-0.2, -0.15) is 0 Å². The van der Waals surface area contributed by atoms with Gasteiger partial charge in [0.05, 0.1) is 12.8 Å². The lowest BCUT2D eigenvalue weighted by atomic mass is 10.1. The van der Waals surface area contributed by atoms with Crippen LogP contribution < -0.4 is 24.4 Å². The fourth-order valence-corrected chi connectivity index (χ4v) is 3.63. The third-order valence-corrected chi connectivity index (χ3v) is 5.54. The highest BCUT2D eigenvalue weighted by atomic mass is 19.1. The number of Topliss-reactive ketones (excluding diaryl/α,β-unsaturated/α-hetero) is 1. The van der Waals surface area contributed by atoms with Crippen LogP contribution in [0.15, 0.2) is 60.7 Å². The molecule has 1 atom stereocenters. The molecule has 1 N–H and O–H groups in total. The van der Waals surface area contributed by atoms with Crippen LogP contribution in [0.25, 0.3) is 0 Å². The van der Waals surface area contributed by atoms with Gasteiger partial charge in [0.2, 0.25) is 5.91 Å². The minimum absolute atomic E-state index is 0.155. The first-order valence-corrected chi connectivity index (χ1v) is 10.9. The maximum Gasteiger partial charge on any atom is 0.265 e. The highest BCUT2D eigenvalue weighted by molar-refractivity contribution is 6.08. The molecule has 0 spiro atoms. The summed E-state index contributed by atoms with van der Waals surface area (Å²) in [6, 6.07) is 12.9.